The van der Waals surface area contributed by atoms with E-state index in [1.165, 1.54) is 23.7 Å². The van der Waals surface area contributed by atoms with Crippen molar-refractivity contribution in [3.8, 4) is 0 Å². The Hall–Kier alpha value is -1.25. The van der Waals surface area contributed by atoms with Gasteiger partial charge in [-0.3, -0.25) is 0 Å². The lowest BCUT2D eigenvalue weighted by molar-refractivity contribution is 0.467. The third-order valence-corrected chi connectivity index (χ3v) is 5.27. The van der Waals surface area contributed by atoms with Crippen LogP contribution in [0.2, 0.25) is 0 Å². The summed E-state index contributed by atoms with van der Waals surface area (Å²) in [5, 5.41) is 0.745. The summed E-state index contributed by atoms with van der Waals surface area (Å²) in [6.45, 7) is 1.37. The number of rotatable bonds is 3. The molecule has 1 atom stereocenters. The monoisotopic (exact) mass is 329 g/mol. The number of nitrogens with one attached hydrogen (secondary N) is 1. The summed E-state index contributed by atoms with van der Waals surface area (Å²) in [4.78, 5) is 6.38. The zero-order valence-corrected chi connectivity index (χ0v) is 13.2. The molecule has 2 heterocycles. The lowest BCUT2D eigenvalue weighted by Gasteiger charge is -2.32. The van der Waals surface area contributed by atoms with Gasteiger partial charge in [-0.1, -0.05) is 17.4 Å². The maximum absolute atomic E-state index is 13.7. The largest absolute Gasteiger partial charge is 0.346 e. The summed E-state index contributed by atoms with van der Waals surface area (Å²) in [5.74, 6) is -0.321. The number of piperidine rings is 1. The van der Waals surface area contributed by atoms with Gasteiger partial charge >= 0.3 is 0 Å². The molecule has 114 valence electrons. The van der Waals surface area contributed by atoms with E-state index in [0.717, 1.165) is 29.2 Å². The van der Waals surface area contributed by atoms with Crippen molar-refractivity contribution in [2.45, 2.75) is 18.9 Å². The highest BCUT2D eigenvalue weighted by Crippen LogP contribution is 2.31. The van der Waals surface area contributed by atoms with E-state index in [-0.39, 0.29) is 11.9 Å². The Morgan fingerprint density at radius 1 is 1.48 bits per heavy atom. The lowest BCUT2D eigenvalue weighted by atomic mass is 10.1. The van der Waals surface area contributed by atoms with Gasteiger partial charge in [0.15, 0.2) is 5.13 Å². The lowest BCUT2D eigenvalue weighted by Crippen LogP contribution is -2.47. The molecule has 5 nitrogen and oxygen atoms in total. The molecule has 1 N–H and O–H groups in total. The van der Waals surface area contributed by atoms with Crippen LogP contribution < -0.4 is 9.62 Å². The van der Waals surface area contributed by atoms with Gasteiger partial charge in [0.1, 0.15) is 11.3 Å². The number of thiazole rings is 1. The summed E-state index contributed by atoms with van der Waals surface area (Å²) in [6.07, 6.45) is 2.85. The van der Waals surface area contributed by atoms with Crippen LogP contribution >= 0.6 is 11.3 Å². The standard InChI is InChI=1S/C13H16FN3O2S2/c1-21(18,19)16-9-4-3-7-17(8-9)13-15-12-10(14)5-2-6-11(12)20-13/h2,5-6,9,16H,3-4,7-8H2,1H3. The van der Waals surface area contributed by atoms with Crippen molar-refractivity contribution in [2.75, 3.05) is 24.2 Å². The molecule has 0 bridgehead atoms. The topological polar surface area (TPSA) is 62.3 Å². The molecule has 1 aromatic carbocycles. The Labute approximate surface area is 126 Å². The van der Waals surface area contributed by atoms with Crippen molar-refractivity contribution in [3.63, 3.8) is 0 Å². The van der Waals surface area contributed by atoms with Gasteiger partial charge in [-0.2, -0.15) is 0 Å². The number of benzene rings is 1. The minimum absolute atomic E-state index is 0.120. The number of aromatic nitrogens is 1. The smallest absolute Gasteiger partial charge is 0.209 e. The molecule has 1 saturated heterocycles. The molecule has 2 aromatic rings. The van der Waals surface area contributed by atoms with Gasteiger partial charge in [0, 0.05) is 19.1 Å². The predicted molar refractivity (Wildman–Crippen MR) is 82.8 cm³/mol. The molecule has 1 aliphatic heterocycles. The Bertz CT molecular complexity index is 760. The minimum atomic E-state index is -3.21. The van der Waals surface area contributed by atoms with Crippen molar-refractivity contribution in [1.82, 2.24) is 9.71 Å². The Morgan fingerprint density at radius 2 is 2.29 bits per heavy atom. The second-order valence-corrected chi connectivity index (χ2v) is 8.05. The molecule has 1 fully saturated rings. The van der Waals surface area contributed by atoms with E-state index in [0.29, 0.717) is 12.1 Å². The number of hydrogen-bond acceptors (Lipinski definition) is 5. The van der Waals surface area contributed by atoms with Crippen LogP contribution in [0.15, 0.2) is 18.2 Å². The van der Waals surface area contributed by atoms with E-state index in [2.05, 4.69) is 9.71 Å². The van der Waals surface area contributed by atoms with Crippen LogP contribution in [-0.4, -0.2) is 38.8 Å². The Morgan fingerprint density at radius 3 is 3.00 bits per heavy atom. The first-order chi connectivity index (χ1) is 9.92. The van der Waals surface area contributed by atoms with Gasteiger partial charge in [-0.15, -0.1) is 0 Å². The van der Waals surface area contributed by atoms with Crippen molar-refractivity contribution in [1.29, 1.82) is 0 Å². The highest BCUT2D eigenvalue weighted by atomic mass is 32.2. The van der Waals surface area contributed by atoms with Crippen LogP contribution in [0.4, 0.5) is 9.52 Å². The summed E-state index contributed by atoms with van der Waals surface area (Å²) >= 11 is 1.44. The molecule has 0 saturated carbocycles. The number of anilines is 1. The van der Waals surface area contributed by atoms with Crippen LogP contribution in [0.5, 0.6) is 0 Å². The number of nitrogens with zero attached hydrogens (tertiary/aromatic N) is 2. The third kappa shape index (κ3) is 3.33. The van der Waals surface area contributed by atoms with E-state index in [1.807, 2.05) is 11.0 Å². The number of hydrogen-bond donors (Lipinski definition) is 1. The van der Waals surface area contributed by atoms with Gasteiger partial charge in [-0.25, -0.2) is 22.5 Å². The van der Waals surface area contributed by atoms with Crippen LogP contribution in [0.3, 0.4) is 0 Å². The van der Waals surface area contributed by atoms with E-state index >= 15 is 0 Å². The molecule has 1 unspecified atom stereocenters. The van der Waals surface area contributed by atoms with E-state index < -0.39 is 10.0 Å². The zero-order valence-electron chi connectivity index (χ0n) is 11.5. The predicted octanol–water partition coefficient (Wildman–Crippen LogP) is 1.95. The quantitative estimate of drug-likeness (QED) is 0.935. The fourth-order valence-corrected chi connectivity index (χ4v) is 4.40. The fraction of sp³-hybridized carbons (Fsp3) is 0.462. The molecule has 1 aromatic heterocycles. The number of sulfonamides is 1. The SMILES string of the molecule is CS(=O)(=O)NC1CCCN(c2nc3c(F)cccc3s2)C1. The number of halogens is 1. The molecule has 0 radical (unpaired) electrons. The third-order valence-electron chi connectivity index (χ3n) is 3.43. The van der Waals surface area contributed by atoms with Crippen molar-refractivity contribution >= 4 is 36.7 Å². The average Bonchev–Trinajstić information content (AvgIpc) is 2.82. The normalized spacial score (nSPS) is 20.1. The number of para-hydroxylation sites is 1. The molecule has 8 heteroatoms. The first kappa shape index (κ1) is 14.7. The van der Waals surface area contributed by atoms with E-state index in [4.69, 9.17) is 0 Å². The summed E-state index contributed by atoms with van der Waals surface area (Å²) in [6, 6.07) is 4.79. The highest BCUT2D eigenvalue weighted by molar-refractivity contribution is 7.88. The maximum Gasteiger partial charge on any atom is 0.209 e. The Balaban J connectivity index is 1.83. The first-order valence-electron chi connectivity index (χ1n) is 6.70. The second kappa shape index (κ2) is 5.51. The van der Waals surface area contributed by atoms with Crippen molar-refractivity contribution < 1.29 is 12.8 Å². The van der Waals surface area contributed by atoms with Crippen LogP contribution in [0.25, 0.3) is 10.2 Å². The molecular formula is C13H16FN3O2S2. The fourth-order valence-electron chi connectivity index (χ4n) is 2.59. The van der Waals surface area contributed by atoms with Gasteiger partial charge in [0.05, 0.1) is 11.0 Å². The number of fused-ring (bicyclic) bond motifs is 1. The summed E-state index contributed by atoms with van der Waals surface area (Å²) in [5.41, 5.74) is 0.385. The van der Waals surface area contributed by atoms with Gasteiger partial charge < -0.3 is 4.90 Å². The van der Waals surface area contributed by atoms with Crippen LogP contribution in [-0.2, 0) is 10.0 Å². The van der Waals surface area contributed by atoms with Crippen molar-refractivity contribution in [2.24, 2.45) is 0 Å². The highest BCUT2D eigenvalue weighted by Gasteiger charge is 2.24. The molecule has 21 heavy (non-hydrogen) atoms. The molecule has 1 aliphatic rings. The molecule has 0 spiro atoms. The first-order valence-corrected chi connectivity index (χ1v) is 9.40. The second-order valence-electron chi connectivity index (χ2n) is 5.26. The summed E-state index contributed by atoms with van der Waals surface area (Å²) < 4.78 is 39.8. The summed E-state index contributed by atoms with van der Waals surface area (Å²) in [7, 11) is -3.21. The molecule has 3 rings (SSSR count). The van der Waals surface area contributed by atoms with Crippen LogP contribution in [0.1, 0.15) is 12.8 Å². The zero-order chi connectivity index (χ0) is 15.0. The van der Waals surface area contributed by atoms with Gasteiger partial charge in [0.25, 0.3) is 0 Å². The average molecular weight is 329 g/mol. The van der Waals surface area contributed by atoms with E-state index in [9.17, 15) is 12.8 Å². The molecule has 0 amide bonds. The van der Waals surface area contributed by atoms with Crippen molar-refractivity contribution in [3.05, 3.63) is 24.0 Å². The van der Waals surface area contributed by atoms with Gasteiger partial charge in [0.2, 0.25) is 10.0 Å². The molecular weight excluding hydrogens is 313 g/mol. The molecule has 0 aliphatic carbocycles. The van der Waals surface area contributed by atoms with Gasteiger partial charge in [-0.05, 0) is 25.0 Å². The maximum atomic E-state index is 13.7. The van der Waals surface area contributed by atoms with Crippen LogP contribution in [0, 0.1) is 5.82 Å². The Kier molecular flexibility index (Phi) is 3.85. The van der Waals surface area contributed by atoms with E-state index in [1.54, 1.807) is 6.07 Å². The minimum Gasteiger partial charge on any atom is -0.346 e.